The number of ether oxygens (including phenoxy) is 1. The van der Waals surface area contributed by atoms with Crippen molar-refractivity contribution in [3.63, 3.8) is 0 Å². The number of phenols is 2. The Morgan fingerprint density at radius 1 is 1.18 bits per heavy atom. The molecule has 0 bridgehead atoms. The molecule has 2 N–H and O–H groups in total. The number of fused-ring (bicyclic) bond motifs is 3. The minimum absolute atomic E-state index is 0.0412. The second-order valence-corrected chi connectivity index (χ2v) is 9.92. The minimum Gasteiger partial charge on any atom is -0.508 e. The van der Waals surface area contributed by atoms with E-state index in [1.165, 1.54) is 6.07 Å². The van der Waals surface area contributed by atoms with Gasteiger partial charge in [0.1, 0.15) is 29.5 Å². The van der Waals surface area contributed by atoms with E-state index in [9.17, 15) is 19.8 Å². The van der Waals surface area contributed by atoms with Crippen LogP contribution in [0.5, 0.6) is 11.5 Å². The first-order chi connectivity index (χ1) is 13.1. The lowest BCUT2D eigenvalue weighted by Crippen LogP contribution is -2.59. The van der Waals surface area contributed by atoms with E-state index in [2.05, 4.69) is 26.8 Å². The fourth-order valence-electron chi connectivity index (χ4n) is 6.21. The van der Waals surface area contributed by atoms with Gasteiger partial charge in [-0.2, -0.15) is 0 Å². The van der Waals surface area contributed by atoms with Gasteiger partial charge in [-0.3, -0.25) is 4.79 Å². The summed E-state index contributed by atoms with van der Waals surface area (Å²) in [7, 11) is 0. The number of esters is 1. The zero-order chi connectivity index (χ0) is 20.4. The quantitative estimate of drug-likeness (QED) is 0.604. The lowest BCUT2D eigenvalue weighted by molar-refractivity contribution is -0.136. The minimum atomic E-state index is -0.610. The van der Waals surface area contributed by atoms with Gasteiger partial charge >= 0.3 is 5.97 Å². The van der Waals surface area contributed by atoms with Crippen LogP contribution in [0.3, 0.4) is 0 Å². The molecule has 5 heteroatoms. The molecule has 3 aliphatic carbocycles. The maximum Gasteiger partial charge on any atom is 0.342 e. The lowest BCUT2D eigenvalue weighted by Gasteiger charge is -2.59. The molecule has 28 heavy (non-hydrogen) atoms. The summed E-state index contributed by atoms with van der Waals surface area (Å²) in [6, 6.07) is 2.56. The van der Waals surface area contributed by atoms with Crippen LogP contribution in [-0.4, -0.2) is 28.6 Å². The van der Waals surface area contributed by atoms with Crippen LogP contribution in [0.4, 0.5) is 0 Å². The zero-order valence-electron chi connectivity index (χ0n) is 16.9. The van der Waals surface area contributed by atoms with E-state index in [-0.39, 0.29) is 39.9 Å². The molecule has 150 valence electrons. The molecular formula is C23H28O5. The van der Waals surface area contributed by atoms with E-state index in [0.717, 1.165) is 37.2 Å². The smallest absolute Gasteiger partial charge is 0.342 e. The molecule has 0 radical (unpaired) electrons. The third kappa shape index (κ3) is 2.75. The van der Waals surface area contributed by atoms with E-state index in [0.29, 0.717) is 17.4 Å². The molecule has 2 fully saturated rings. The van der Waals surface area contributed by atoms with Crippen molar-refractivity contribution in [2.75, 3.05) is 0 Å². The van der Waals surface area contributed by atoms with Crippen molar-refractivity contribution in [2.24, 2.45) is 28.6 Å². The van der Waals surface area contributed by atoms with E-state index in [1.54, 1.807) is 6.92 Å². The van der Waals surface area contributed by atoms with E-state index in [4.69, 9.17) is 4.74 Å². The van der Waals surface area contributed by atoms with Gasteiger partial charge in [0.05, 0.1) is 0 Å². The van der Waals surface area contributed by atoms with Crippen LogP contribution in [0.15, 0.2) is 23.8 Å². The highest BCUT2D eigenvalue weighted by Crippen LogP contribution is 2.66. The molecule has 0 aliphatic heterocycles. The predicted molar refractivity (Wildman–Crippen MR) is 104 cm³/mol. The maximum atomic E-state index is 12.7. The molecule has 3 aliphatic rings. The summed E-state index contributed by atoms with van der Waals surface area (Å²) in [5.41, 5.74) is 1.49. The number of carbonyl (C=O) groups excluding carboxylic acids is 2. The number of phenolic OH excluding ortho intramolecular Hbond substituents is 2. The maximum absolute atomic E-state index is 12.7. The average molecular weight is 384 g/mol. The van der Waals surface area contributed by atoms with E-state index in [1.807, 2.05) is 0 Å². The van der Waals surface area contributed by atoms with Crippen LogP contribution >= 0.6 is 0 Å². The number of allylic oxidation sites excluding steroid dienone is 1. The highest BCUT2D eigenvalue weighted by Gasteiger charge is 2.63. The van der Waals surface area contributed by atoms with Crippen LogP contribution in [0.2, 0.25) is 0 Å². The molecular weight excluding hydrogens is 356 g/mol. The Morgan fingerprint density at radius 2 is 1.89 bits per heavy atom. The third-order valence-electron chi connectivity index (χ3n) is 7.31. The largest absolute Gasteiger partial charge is 0.508 e. The molecule has 0 aromatic heterocycles. The summed E-state index contributed by atoms with van der Waals surface area (Å²) in [5, 5.41) is 19.6. The number of hydrogen-bond acceptors (Lipinski definition) is 5. The van der Waals surface area contributed by atoms with Gasteiger partial charge in [0, 0.05) is 12.0 Å². The highest BCUT2D eigenvalue weighted by atomic mass is 16.5. The fourth-order valence-corrected chi connectivity index (χ4v) is 6.21. The Balaban J connectivity index is 1.59. The molecule has 0 amide bonds. The van der Waals surface area contributed by atoms with Crippen LogP contribution in [0.1, 0.15) is 56.0 Å². The van der Waals surface area contributed by atoms with Gasteiger partial charge in [-0.1, -0.05) is 26.8 Å². The monoisotopic (exact) mass is 384 g/mol. The number of benzene rings is 1. The zero-order valence-corrected chi connectivity index (χ0v) is 16.9. The third-order valence-corrected chi connectivity index (χ3v) is 7.31. The van der Waals surface area contributed by atoms with Crippen molar-refractivity contribution in [2.45, 2.75) is 53.1 Å². The van der Waals surface area contributed by atoms with Crippen molar-refractivity contribution < 1.29 is 24.5 Å². The summed E-state index contributed by atoms with van der Waals surface area (Å²) in [5.74, 6) is -0.190. The van der Waals surface area contributed by atoms with Gasteiger partial charge in [0.2, 0.25) is 0 Å². The lowest BCUT2D eigenvalue weighted by atomic mass is 9.47. The number of aromatic hydroxyl groups is 2. The molecule has 0 spiro atoms. The Hall–Kier alpha value is -2.30. The number of aryl methyl sites for hydroxylation is 1. The van der Waals surface area contributed by atoms with Crippen LogP contribution in [-0.2, 0) is 9.53 Å². The number of rotatable bonds is 3. The van der Waals surface area contributed by atoms with Crippen LogP contribution < -0.4 is 0 Å². The molecule has 4 rings (SSSR count). The summed E-state index contributed by atoms with van der Waals surface area (Å²) < 4.78 is 5.76. The molecule has 1 aromatic carbocycles. The van der Waals surface area contributed by atoms with E-state index < -0.39 is 5.97 Å². The molecule has 0 heterocycles. The first-order valence-electron chi connectivity index (χ1n) is 9.96. The standard InChI is InChI=1S/C23H28O5/c1-12-5-15(25)7-17(26)19(12)21(27)28-18-10-23(4)16-9-22(2,3)8-13(16)6-14(11-24)20(18)23/h5-7,11,13,16,18,20,25-26H,8-10H2,1-4H3/t13-,16+,18-,20-,23-/m1/s1. The van der Waals surface area contributed by atoms with Crippen molar-refractivity contribution in [3.05, 3.63) is 34.9 Å². The second-order valence-electron chi connectivity index (χ2n) is 9.92. The summed E-state index contributed by atoms with van der Waals surface area (Å²) >= 11 is 0. The number of hydrogen-bond donors (Lipinski definition) is 2. The predicted octanol–water partition coefficient (Wildman–Crippen LogP) is 4.15. The topological polar surface area (TPSA) is 83.8 Å². The van der Waals surface area contributed by atoms with Gasteiger partial charge in [0.25, 0.3) is 0 Å². The van der Waals surface area contributed by atoms with Crippen molar-refractivity contribution in [3.8, 4) is 11.5 Å². The Labute approximate surface area is 165 Å². The molecule has 1 aromatic rings. The van der Waals surface area contributed by atoms with Crippen molar-refractivity contribution >= 4 is 12.3 Å². The highest BCUT2D eigenvalue weighted by molar-refractivity contribution is 5.94. The normalized spacial score (nSPS) is 35.2. The molecule has 2 saturated carbocycles. The Kier molecular flexibility index (Phi) is 4.15. The molecule has 0 unspecified atom stereocenters. The summed E-state index contributed by atoms with van der Waals surface area (Å²) in [6.07, 6.45) is 5.60. The number of aldehydes is 1. The van der Waals surface area contributed by atoms with Gasteiger partial charge in [-0.05, 0) is 66.1 Å². The number of carbonyl (C=O) groups is 2. The second kappa shape index (κ2) is 6.10. The first-order valence-corrected chi connectivity index (χ1v) is 9.96. The summed E-state index contributed by atoms with van der Waals surface area (Å²) in [4.78, 5) is 24.5. The van der Waals surface area contributed by atoms with Gasteiger partial charge < -0.3 is 14.9 Å². The van der Waals surface area contributed by atoms with Gasteiger partial charge in [0.15, 0.2) is 0 Å². The van der Waals surface area contributed by atoms with Crippen molar-refractivity contribution in [1.82, 2.24) is 0 Å². The molecule has 5 nitrogen and oxygen atoms in total. The van der Waals surface area contributed by atoms with Crippen LogP contribution in [0.25, 0.3) is 0 Å². The summed E-state index contributed by atoms with van der Waals surface area (Å²) in [6.45, 7) is 8.43. The first kappa shape index (κ1) is 19.0. The molecule has 0 saturated heterocycles. The fraction of sp³-hybridized carbons (Fsp3) is 0.565. The Bertz CT molecular complexity index is 860. The average Bonchev–Trinajstić information content (AvgIpc) is 2.87. The SMILES string of the molecule is Cc1cc(O)cc(O)c1C(=O)O[C@@H]1C[C@@]2(C)[C@@H]1C(C=O)=C[C@@H]1CC(C)(C)C[C@@H]12. The Morgan fingerprint density at radius 3 is 2.54 bits per heavy atom. The van der Waals surface area contributed by atoms with Gasteiger partial charge in [-0.15, -0.1) is 0 Å². The molecule has 5 atom stereocenters. The van der Waals surface area contributed by atoms with Crippen LogP contribution in [0, 0.1) is 35.5 Å². The van der Waals surface area contributed by atoms with Gasteiger partial charge in [-0.25, -0.2) is 4.79 Å². The van der Waals surface area contributed by atoms with Crippen molar-refractivity contribution in [1.29, 1.82) is 0 Å². The van der Waals surface area contributed by atoms with E-state index >= 15 is 0 Å².